The lowest BCUT2D eigenvalue weighted by Crippen LogP contribution is -2.27. The van der Waals surface area contributed by atoms with Gasteiger partial charge in [0.25, 0.3) is 5.56 Å². The second-order valence-electron chi connectivity index (χ2n) is 5.69. The Balaban J connectivity index is 1.72. The number of hydrogen-bond acceptors (Lipinski definition) is 5. The van der Waals surface area contributed by atoms with E-state index in [1.165, 1.54) is 17.0 Å². The first-order chi connectivity index (χ1) is 13.0. The van der Waals surface area contributed by atoms with Gasteiger partial charge in [0.1, 0.15) is 6.54 Å². The fraction of sp³-hybridized carbons (Fsp3) is 0.158. The van der Waals surface area contributed by atoms with E-state index in [9.17, 15) is 14.4 Å². The number of esters is 1. The van der Waals surface area contributed by atoms with Gasteiger partial charge in [-0.3, -0.25) is 14.2 Å². The molecule has 0 radical (unpaired) electrons. The van der Waals surface area contributed by atoms with Crippen LogP contribution in [0.1, 0.15) is 17.3 Å². The molecule has 0 saturated carbocycles. The summed E-state index contributed by atoms with van der Waals surface area (Å²) in [6, 6.07) is 11.1. The molecule has 0 spiro atoms. The molecule has 1 N–H and O–H groups in total. The van der Waals surface area contributed by atoms with E-state index in [1.807, 2.05) is 0 Å². The summed E-state index contributed by atoms with van der Waals surface area (Å²) < 4.78 is 6.11. The standard InChI is InChI=1S/C19H16ClN3O4/c1-2-27-19(26)12-3-6-14(7-4-12)22-17(24)10-23-11-21-16-8-5-13(20)9-15(16)18(23)25/h3-9,11H,2,10H2,1H3,(H,22,24). The molecule has 1 heterocycles. The lowest BCUT2D eigenvalue weighted by atomic mass is 10.2. The average molecular weight is 386 g/mol. The highest BCUT2D eigenvalue weighted by atomic mass is 35.5. The maximum Gasteiger partial charge on any atom is 0.338 e. The number of amides is 1. The molecule has 138 valence electrons. The number of nitrogens with zero attached hydrogens (tertiary/aromatic N) is 2. The zero-order chi connectivity index (χ0) is 19.4. The first kappa shape index (κ1) is 18.6. The van der Waals surface area contributed by atoms with E-state index in [0.29, 0.717) is 27.2 Å². The van der Waals surface area contributed by atoms with E-state index in [2.05, 4.69) is 10.3 Å². The summed E-state index contributed by atoms with van der Waals surface area (Å²) >= 11 is 5.92. The van der Waals surface area contributed by atoms with Crippen LogP contribution < -0.4 is 10.9 Å². The maximum absolute atomic E-state index is 12.5. The van der Waals surface area contributed by atoms with Gasteiger partial charge >= 0.3 is 5.97 Å². The molecule has 0 fully saturated rings. The van der Waals surface area contributed by atoms with Gasteiger partial charge < -0.3 is 10.1 Å². The van der Waals surface area contributed by atoms with Crippen molar-refractivity contribution in [2.75, 3.05) is 11.9 Å². The highest BCUT2D eigenvalue weighted by Gasteiger charge is 2.10. The SMILES string of the molecule is CCOC(=O)c1ccc(NC(=O)Cn2cnc3ccc(Cl)cc3c2=O)cc1. The van der Waals surface area contributed by atoms with Crippen molar-refractivity contribution >= 4 is 40.1 Å². The van der Waals surface area contributed by atoms with Crippen molar-refractivity contribution < 1.29 is 14.3 Å². The molecular weight excluding hydrogens is 370 g/mol. The second kappa shape index (κ2) is 8.01. The van der Waals surface area contributed by atoms with Crippen LogP contribution in [0.3, 0.4) is 0 Å². The Morgan fingerprint density at radius 1 is 1.19 bits per heavy atom. The van der Waals surface area contributed by atoms with Gasteiger partial charge in [0.05, 0.1) is 29.4 Å². The van der Waals surface area contributed by atoms with Gasteiger partial charge in [-0.25, -0.2) is 9.78 Å². The zero-order valence-corrected chi connectivity index (χ0v) is 15.2. The van der Waals surface area contributed by atoms with Gasteiger partial charge in [-0.05, 0) is 49.4 Å². The van der Waals surface area contributed by atoms with Crippen molar-refractivity contribution in [3.8, 4) is 0 Å². The quantitative estimate of drug-likeness (QED) is 0.682. The Labute approximate surface area is 159 Å². The second-order valence-corrected chi connectivity index (χ2v) is 6.12. The number of carbonyl (C=O) groups excluding carboxylic acids is 2. The van der Waals surface area contributed by atoms with E-state index in [0.717, 1.165) is 0 Å². The highest BCUT2D eigenvalue weighted by Crippen LogP contribution is 2.14. The van der Waals surface area contributed by atoms with Crippen molar-refractivity contribution in [3.05, 3.63) is 69.7 Å². The van der Waals surface area contributed by atoms with E-state index in [-0.39, 0.29) is 18.7 Å². The number of nitrogens with one attached hydrogen (secondary N) is 1. The topological polar surface area (TPSA) is 90.3 Å². The van der Waals surface area contributed by atoms with Crippen molar-refractivity contribution in [1.29, 1.82) is 0 Å². The number of benzene rings is 2. The number of aromatic nitrogens is 2. The first-order valence-corrected chi connectivity index (χ1v) is 8.57. The predicted molar refractivity (Wildman–Crippen MR) is 102 cm³/mol. The van der Waals surface area contributed by atoms with Crippen molar-refractivity contribution in [2.24, 2.45) is 0 Å². The summed E-state index contributed by atoms with van der Waals surface area (Å²) in [5.41, 5.74) is 1.05. The molecule has 8 heteroatoms. The van der Waals surface area contributed by atoms with Gasteiger partial charge in [0.15, 0.2) is 0 Å². The minimum Gasteiger partial charge on any atom is -0.462 e. The molecule has 0 unspecified atom stereocenters. The van der Waals surface area contributed by atoms with E-state index in [1.54, 1.807) is 43.3 Å². The molecule has 2 aromatic carbocycles. The Bertz CT molecular complexity index is 1060. The molecule has 3 aromatic rings. The molecule has 0 atom stereocenters. The van der Waals surface area contributed by atoms with Gasteiger partial charge in [-0.2, -0.15) is 0 Å². The molecule has 1 aromatic heterocycles. The number of ether oxygens (including phenoxy) is 1. The van der Waals surface area contributed by atoms with E-state index < -0.39 is 11.9 Å². The summed E-state index contributed by atoms with van der Waals surface area (Å²) in [6.07, 6.45) is 1.32. The Morgan fingerprint density at radius 2 is 1.93 bits per heavy atom. The summed E-state index contributed by atoms with van der Waals surface area (Å²) in [7, 11) is 0. The van der Waals surface area contributed by atoms with E-state index in [4.69, 9.17) is 16.3 Å². The number of anilines is 1. The van der Waals surface area contributed by atoms with Gasteiger partial charge in [-0.1, -0.05) is 11.6 Å². The number of fused-ring (bicyclic) bond motifs is 1. The zero-order valence-electron chi connectivity index (χ0n) is 14.4. The minimum atomic E-state index is -0.428. The van der Waals surface area contributed by atoms with Crippen LogP contribution in [0.5, 0.6) is 0 Å². The number of hydrogen-bond donors (Lipinski definition) is 1. The van der Waals surface area contributed by atoms with Crippen molar-refractivity contribution in [3.63, 3.8) is 0 Å². The lowest BCUT2D eigenvalue weighted by Gasteiger charge is -2.09. The van der Waals surface area contributed by atoms with Crippen LogP contribution in [-0.2, 0) is 16.1 Å². The number of carbonyl (C=O) groups is 2. The molecule has 0 aliphatic heterocycles. The third kappa shape index (κ3) is 4.32. The Kier molecular flexibility index (Phi) is 5.52. The molecule has 27 heavy (non-hydrogen) atoms. The molecule has 3 rings (SSSR count). The summed E-state index contributed by atoms with van der Waals surface area (Å²) in [6.45, 7) is 1.81. The van der Waals surface area contributed by atoms with Crippen molar-refractivity contribution in [2.45, 2.75) is 13.5 Å². The summed E-state index contributed by atoms with van der Waals surface area (Å²) in [5.74, 6) is -0.827. The van der Waals surface area contributed by atoms with Crippen LogP contribution >= 0.6 is 11.6 Å². The van der Waals surface area contributed by atoms with Crippen molar-refractivity contribution in [1.82, 2.24) is 9.55 Å². The molecule has 1 amide bonds. The largest absolute Gasteiger partial charge is 0.462 e. The number of halogens is 1. The fourth-order valence-electron chi connectivity index (χ4n) is 2.50. The molecule has 7 nitrogen and oxygen atoms in total. The monoisotopic (exact) mass is 385 g/mol. The van der Waals surface area contributed by atoms with Crippen LogP contribution in [0.25, 0.3) is 10.9 Å². The summed E-state index contributed by atoms with van der Waals surface area (Å²) in [5, 5.41) is 3.44. The molecule has 0 aliphatic carbocycles. The molecule has 0 saturated heterocycles. The van der Waals surface area contributed by atoms with Gasteiger partial charge in [0, 0.05) is 10.7 Å². The van der Waals surface area contributed by atoms with Gasteiger partial charge in [-0.15, -0.1) is 0 Å². The maximum atomic E-state index is 12.5. The van der Waals surface area contributed by atoms with Crippen LogP contribution in [0.15, 0.2) is 53.6 Å². The van der Waals surface area contributed by atoms with Crippen LogP contribution in [0.4, 0.5) is 5.69 Å². The Hall–Kier alpha value is -3.19. The highest BCUT2D eigenvalue weighted by molar-refractivity contribution is 6.31. The third-order valence-electron chi connectivity index (χ3n) is 3.78. The minimum absolute atomic E-state index is 0.200. The normalized spacial score (nSPS) is 10.6. The summed E-state index contributed by atoms with van der Waals surface area (Å²) in [4.78, 5) is 40.5. The van der Waals surface area contributed by atoms with Crippen LogP contribution in [0, 0.1) is 0 Å². The molecular formula is C19H16ClN3O4. The molecule has 0 aliphatic rings. The molecule has 0 bridgehead atoms. The smallest absolute Gasteiger partial charge is 0.338 e. The Morgan fingerprint density at radius 3 is 2.63 bits per heavy atom. The predicted octanol–water partition coefficient (Wildman–Crippen LogP) is 2.87. The average Bonchev–Trinajstić information content (AvgIpc) is 2.65. The van der Waals surface area contributed by atoms with Gasteiger partial charge in [0.2, 0.25) is 5.91 Å². The number of rotatable bonds is 5. The fourth-order valence-corrected chi connectivity index (χ4v) is 2.68. The third-order valence-corrected chi connectivity index (χ3v) is 4.01. The lowest BCUT2D eigenvalue weighted by molar-refractivity contribution is -0.116. The first-order valence-electron chi connectivity index (χ1n) is 8.19. The van der Waals surface area contributed by atoms with Crippen LogP contribution in [-0.4, -0.2) is 28.0 Å². The van der Waals surface area contributed by atoms with E-state index >= 15 is 0 Å². The van der Waals surface area contributed by atoms with Crippen LogP contribution in [0.2, 0.25) is 5.02 Å².